The van der Waals surface area contributed by atoms with Crippen LogP contribution in [0.3, 0.4) is 0 Å². The van der Waals surface area contributed by atoms with E-state index in [0.29, 0.717) is 5.56 Å². The van der Waals surface area contributed by atoms with E-state index in [4.69, 9.17) is 5.11 Å². The molecule has 0 atom stereocenters. The van der Waals surface area contributed by atoms with Crippen molar-refractivity contribution in [3.63, 3.8) is 0 Å². The van der Waals surface area contributed by atoms with Crippen molar-refractivity contribution in [3.05, 3.63) is 36.0 Å². The fourth-order valence-electron chi connectivity index (χ4n) is 1.28. The summed E-state index contributed by atoms with van der Waals surface area (Å²) in [6.45, 7) is 0. The summed E-state index contributed by atoms with van der Waals surface area (Å²) in [6, 6.07) is 8.86. The van der Waals surface area contributed by atoms with Crippen LogP contribution in [0.1, 0.15) is 10.5 Å². The molecule has 2 rings (SSSR count). The van der Waals surface area contributed by atoms with Gasteiger partial charge in [-0.25, -0.2) is 4.79 Å². The lowest BCUT2D eigenvalue weighted by atomic mass is 10.1. The second-order valence-electron chi connectivity index (χ2n) is 2.97. The molecule has 1 aromatic carbocycles. The summed E-state index contributed by atoms with van der Waals surface area (Å²) in [5, 5.41) is 24.3. The van der Waals surface area contributed by atoms with Crippen LogP contribution in [0, 0.1) is 0 Å². The predicted octanol–water partition coefficient (Wildman–Crippen LogP) is 1.48. The van der Waals surface area contributed by atoms with Crippen molar-refractivity contribution < 1.29 is 15.0 Å². The predicted molar refractivity (Wildman–Crippen MR) is 52.6 cm³/mol. The number of nitrogens with one attached hydrogen (secondary N) is 1. The minimum atomic E-state index is -1.23. The number of carbonyl (C=O) groups is 1. The van der Waals surface area contributed by atoms with Crippen molar-refractivity contribution in [3.8, 4) is 17.0 Å². The van der Waals surface area contributed by atoms with Crippen molar-refractivity contribution in [1.82, 2.24) is 10.2 Å². The molecule has 0 aliphatic rings. The number of nitrogens with zero attached hydrogens (tertiary/aromatic N) is 1. The maximum atomic E-state index is 10.6. The Kier molecular flexibility index (Phi) is 2.13. The second-order valence-corrected chi connectivity index (χ2v) is 2.97. The zero-order valence-corrected chi connectivity index (χ0v) is 7.64. The number of carboxylic acids is 1. The molecule has 0 saturated carbocycles. The van der Waals surface area contributed by atoms with E-state index in [-0.39, 0.29) is 17.1 Å². The highest BCUT2D eigenvalue weighted by Gasteiger charge is 2.18. The highest BCUT2D eigenvalue weighted by Crippen LogP contribution is 2.29. The molecule has 1 aromatic heterocycles. The van der Waals surface area contributed by atoms with Gasteiger partial charge in [0.1, 0.15) is 5.69 Å². The summed E-state index contributed by atoms with van der Waals surface area (Å²) < 4.78 is 0. The van der Waals surface area contributed by atoms with Crippen molar-refractivity contribution >= 4 is 5.97 Å². The van der Waals surface area contributed by atoms with Gasteiger partial charge in [0.15, 0.2) is 11.4 Å². The largest absolute Gasteiger partial charge is 0.504 e. The zero-order valence-electron chi connectivity index (χ0n) is 7.64. The van der Waals surface area contributed by atoms with E-state index < -0.39 is 5.97 Å². The van der Waals surface area contributed by atoms with E-state index in [1.807, 2.05) is 6.07 Å². The fraction of sp³-hybridized carbons (Fsp3) is 0. The number of aromatic nitrogens is 2. The van der Waals surface area contributed by atoms with E-state index in [2.05, 4.69) is 10.2 Å². The summed E-state index contributed by atoms with van der Waals surface area (Å²) in [5.41, 5.74) is 0.612. The molecule has 0 aliphatic carbocycles. The molecule has 1 heterocycles. The van der Waals surface area contributed by atoms with Gasteiger partial charge in [0.05, 0.1) is 0 Å². The maximum absolute atomic E-state index is 10.6. The lowest BCUT2D eigenvalue weighted by Crippen LogP contribution is -1.96. The molecule has 76 valence electrons. The first-order valence-electron chi connectivity index (χ1n) is 4.26. The molecule has 5 nitrogen and oxygen atoms in total. The fourth-order valence-corrected chi connectivity index (χ4v) is 1.28. The third-order valence-corrected chi connectivity index (χ3v) is 2.00. The van der Waals surface area contributed by atoms with Gasteiger partial charge >= 0.3 is 5.97 Å². The molecule has 15 heavy (non-hydrogen) atoms. The molecule has 0 saturated heterocycles. The molecule has 5 heteroatoms. The molecular formula is C10H8N2O3. The third kappa shape index (κ3) is 1.54. The lowest BCUT2D eigenvalue weighted by Gasteiger charge is -1.96. The number of aromatic carboxylic acids is 1. The van der Waals surface area contributed by atoms with Gasteiger partial charge in [-0.2, -0.15) is 5.10 Å². The Morgan fingerprint density at radius 2 is 1.93 bits per heavy atom. The summed E-state index contributed by atoms with van der Waals surface area (Å²) in [4.78, 5) is 10.6. The number of carboxylic acid groups (broad SMARTS) is 1. The van der Waals surface area contributed by atoms with Gasteiger partial charge < -0.3 is 10.2 Å². The summed E-state index contributed by atoms with van der Waals surface area (Å²) in [7, 11) is 0. The van der Waals surface area contributed by atoms with E-state index >= 15 is 0 Å². The average molecular weight is 204 g/mol. The lowest BCUT2D eigenvalue weighted by molar-refractivity contribution is 0.0687. The Labute approximate surface area is 85.0 Å². The van der Waals surface area contributed by atoms with Gasteiger partial charge in [-0.1, -0.05) is 30.3 Å². The molecule has 0 amide bonds. The monoisotopic (exact) mass is 204 g/mol. The van der Waals surface area contributed by atoms with Crippen LogP contribution in [0.5, 0.6) is 5.75 Å². The quantitative estimate of drug-likeness (QED) is 0.691. The standard InChI is InChI=1S/C10H8N2O3/c13-9-7(6-4-2-1-3-5-6)11-12-8(9)10(14)15/h1-5,13H,(H,11,12)(H,14,15). The normalized spacial score (nSPS) is 10.1. The molecule has 0 bridgehead atoms. The molecule has 0 fully saturated rings. The van der Waals surface area contributed by atoms with Gasteiger partial charge in [-0.15, -0.1) is 0 Å². The Morgan fingerprint density at radius 1 is 1.27 bits per heavy atom. The molecule has 2 aromatic rings. The minimum absolute atomic E-state index is 0.244. The molecule has 0 radical (unpaired) electrons. The van der Waals surface area contributed by atoms with Gasteiger partial charge in [0.25, 0.3) is 0 Å². The number of aromatic amines is 1. The van der Waals surface area contributed by atoms with E-state index in [1.54, 1.807) is 24.3 Å². The maximum Gasteiger partial charge on any atom is 0.357 e. The summed E-state index contributed by atoms with van der Waals surface area (Å²) in [5.74, 6) is -1.57. The van der Waals surface area contributed by atoms with Crippen molar-refractivity contribution in [1.29, 1.82) is 0 Å². The van der Waals surface area contributed by atoms with Crippen LogP contribution in [0.15, 0.2) is 30.3 Å². The average Bonchev–Trinajstić information content (AvgIpc) is 2.61. The SMILES string of the molecule is O=C(O)c1[nH]nc(-c2ccccc2)c1O. The smallest absolute Gasteiger partial charge is 0.357 e. The van der Waals surface area contributed by atoms with E-state index in [0.717, 1.165) is 0 Å². The Hall–Kier alpha value is -2.30. The number of H-pyrrole nitrogens is 1. The first-order chi connectivity index (χ1) is 7.20. The summed E-state index contributed by atoms with van der Waals surface area (Å²) in [6.07, 6.45) is 0. The van der Waals surface area contributed by atoms with Gasteiger partial charge in [-0.3, -0.25) is 5.10 Å². The van der Waals surface area contributed by atoms with Crippen LogP contribution >= 0.6 is 0 Å². The van der Waals surface area contributed by atoms with Crippen LogP contribution in [0.25, 0.3) is 11.3 Å². The topological polar surface area (TPSA) is 86.2 Å². The summed E-state index contributed by atoms with van der Waals surface area (Å²) >= 11 is 0. The van der Waals surface area contributed by atoms with Crippen molar-refractivity contribution in [2.24, 2.45) is 0 Å². The molecule has 3 N–H and O–H groups in total. The number of rotatable bonds is 2. The van der Waals surface area contributed by atoms with Gasteiger partial charge in [0, 0.05) is 5.56 Å². The second kappa shape index (κ2) is 3.45. The molecule has 0 unspecified atom stereocenters. The molecule has 0 aliphatic heterocycles. The Balaban J connectivity index is 2.52. The number of benzene rings is 1. The Bertz CT molecular complexity index is 491. The first kappa shape index (κ1) is 9.26. The van der Waals surface area contributed by atoms with E-state index in [1.165, 1.54) is 0 Å². The zero-order chi connectivity index (χ0) is 10.8. The van der Waals surface area contributed by atoms with Crippen LogP contribution < -0.4 is 0 Å². The van der Waals surface area contributed by atoms with Gasteiger partial charge in [0.2, 0.25) is 0 Å². The van der Waals surface area contributed by atoms with Crippen LogP contribution in [0.2, 0.25) is 0 Å². The van der Waals surface area contributed by atoms with Crippen LogP contribution in [0.4, 0.5) is 0 Å². The molecular weight excluding hydrogens is 196 g/mol. The first-order valence-corrected chi connectivity index (χ1v) is 4.26. The van der Waals surface area contributed by atoms with Gasteiger partial charge in [-0.05, 0) is 0 Å². The van der Waals surface area contributed by atoms with E-state index in [9.17, 15) is 9.90 Å². The molecule has 0 spiro atoms. The van der Waals surface area contributed by atoms with Crippen molar-refractivity contribution in [2.75, 3.05) is 0 Å². The van der Waals surface area contributed by atoms with Crippen LogP contribution in [-0.4, -0.2) is 26.4 Å². The minimum Gasteiger partial charge on any atom is -0.504 e. The van der Waals surface area contributed by atoms with Crippen LogP contribution in [-0.2, 0) is 0 Å². The Morgan fingerprint density at radius 3 is 2.47 bits per heavy atom. The number of aromatic hydroxyl groups is 1. The van der Waals surface area contributed by atoms with Crippen molar-refractivity contribution in [2.45, 2.75) is 0 Å². The number of hydrogen-bond donors (Lipinski definition) is 3. The number of hydrogen-bond acceptors (Lipinski definition) is 3. The highest BCUT2D eigenvalue weighted by molar-refractivity contribution is 5.91. The highest BCUT2D eigenvalue weighted by atomic mass is 16.4. The third-order valence-electron chi connectivity index (χ3n) is 2.00.